The molecule has 1 amide bonds. The van der Waals surface area contributed by atoms with Gasteiger partial charge in [0, 0.05) is 30.5 Å². The number of ether oxygens (including phenoxy) is 1. The molecule has 0 bridgehead atoms. The zero-order valence-corrected chi connectivity index (χ0v) is 20.7. The Kier molecular flexibility index (Phi) is 7.33. The molecule has 36 heavy (non-hydrogen) atoms. The van der Waals surface area contributed by atoms with Crippen molar-refractivity contribution in [2.75, 3.05) is 13.7 Å². The molecule has 0 saturated carbocycles. The fourth-order valence-corrected chi connectivity index (χ4v) is 4.82. The standard InChI is InChI=1S/C28H26N4O3S/c1-34-23-12-8-20(9-13-23)18-32-26-25(5-2-15-29-26)31-28(32)36-19-21-6-10-22(11-7-21)27(33)30-16-14-24-4-3-17-35-24/h2-13,15,17H,14,16,18-19H2,1H3,(H,30,33). The van der Waals surface area contributed by atoms with Crippen molar-refractivity contribution in [3.05, 3.63) is 108 Å². The quantitative estimate of drug-likeness (QED) is 0.262. The van der Waals surface area contributed by atoms with Gasteiger partial charge < -0.3 is 14.5 Å². The maximum absolute atomic E-state index is 12.4. The third kappa shape index (κ3) is 5.60. The van der Waals surface area contributed by atoms with Crippen LogP contribution in [0.15, 0.2) is 94.8 Å². The molecule has 0 spiro atoms. The van der Waals surface area contributed by atoms with Crippen molar-refractivity contribution in [3.63, 3.8) is 0 Å². The monoisotopic (exact) mass is 498 g/mol. The number of furan rings is 1. The molecule has 0 atom stereocenters. The van der Waals surface area contributed by atoms with Crippen molar-refractivity contribution in [3.8, 4) is 5.75 Å². The van der Waals surface area contributed by atoms with Gasteiger partial charge in [0.1, 0.15) is 17.0 Å². The van der Waals surface area contributed by atoms with Crippen LogP contribution >= 0.6 is 11.8 Å². The zero-order valence-electron chi connectivity index (χ0n) is 19.9. The molecule has 8 heteroatoms. The number of pyridine rings is 1. The summed E-state index contributed by atoms with van der Waals surface area (Å²) in [7, 11) is 1.67. The summed E-state index contributed by atoms with van der Waals surface area (Å²) in [6.45, 7) is 1.19. The van der Waals surface area contributed by atoms with E-state index in [0.29, 0.717) is 25.1 Å². The average molecular weight is 499 g/mol. The van der Waals surface area contributed by atoms with E-state index in [-0.39, 0.29) is 5.91 Å². The lowest BCUT2D eigenvalue weighted by atomic mass is 10.1. The Labute approximate surface area is 213 Å². The number of hydrogen-bond donors (Lipinski definition) is 1. The van der Waals surface area contributed by atoms with Crippen molar-refractivity contribution in [2.45, 2.75) is 23.9 Å². The Morgan fingerprint density at radius 1 is 1.03 bits per heavy atom. The number of nitrogens with one attached hydrogen (secondary N) is 1. The van der Waals surface area contributed by atoms with E-state index in [4.69, 9.17) is 14.1 Å². The second-order valence-electron chi connectivity index (χ2n) is 8.25. The summed E-state index contributed by atoms with van der Waals surface area (Å²) in [4.78, 5) is 21.8. The molecular formula is C28H26N4O3S. The molecule has 0 unspecified atom stereocenters. The molecule has 1 N–H and O–H groups in total. The second-order valence-corrected chi connectivity index (χ2v) is 9.19. The van der Waals surface area contributed by atoms with Crippen molar-refractivity contribution >= 4 is 28.8 Å². The summed E-state index contributed by atoms with van der Waals surface area (Å²) in [5, 5.41) is 3.84. The number of imidazole rings is 1. The molecule has 5 aromatic rings. The summed E-state index contributed by atoms with van der Waals surface area (Å²) in [5.41, 5.74) is 4.62. The number of methoxy groups -OCH3 is 1. The van der Waals surface area contributed by atoms with Gasteiger partial charge in [0.2, 0.25) is 0 Å². The molecule has 0 saturated heterocycles. The number of carbonyl (C=O) groups excluding carboxylic acids is 1. The Hall–Kier alpha value is -4.04. The maximum Gasteiger partial charge on any atom is 0.251 e. The third-order valence-electron chi connectivity index (χ3n) is 5.79. The highest BCUT2D eigenvalue weighted by Crippen LogP contribution is 2.27. The first-order valence-electron chi connectivity index (χ1n) is 11.7. The summed E-state index contributed by atoms with van der Waals surface area (Å²) >= 11 is 1.66. The molecule has 3 aromatic heterocycles. The van der Waals surface area contributed by atoms with Crippen LogP contribution in [0.3, 0.4) is 0 Å². The average Bonchev–Trinajstić information content (AvgIpc) is 3.56. The third-order valence-corrected chi connectivity index (χ3v) is 6.84. The summed E-state index contributed by atoms with van der Waals surface area (Å²) < 4.78 is 12.7. The van der Waals surface area contributed by atoms with Gasteiger partial charge >= 0.3 is 0 Å². The molecule has 0 aliphatic carbocycles. The Morgan fingerprint density at radius 2 is 1.83 bits per heavy atom. The van der Waals surface area contributed by atoms with E-state index in [1.807, 2.05) is 60.7 Å². The Bertz CT molecular complexity index is 1430. The smallest absolute Gasteiger partial charge is 0.251 e. The van der Waals surface area contributed by atoms with Gasteiger partial charge in [0.05, 0.1) is 19.9 Å². The van der Waals surface area contributed by atoms with Crippen LogP contribution in [-0.4, -0.2) is 34.1 Å². The van der Waals surface area contributed by atoms with Crippen LogP contribution in [-0.2, 0) is 18.7 Å². The molecular weight excluding hydrogens is 472 g/mol. The number of amides is 1. The maximum atomic E-state index is 12.4. The molecule has 0 fully saturated rings. The minimum absolute atomic E-state index is 0.0897. The number of benzene rings is 2. The van der Waals surface area contributed by atoms with Crippen LogP contribution in [0, 0.1) is 0 Å². The SMILES string of the molecule is COc1ccc(Cn2c(SCc3ccc(C(=O)NCCc4ccco4)cc3)nc3cccnc32)cc1. The molecule has 0 radical (unpaired) electrons. The first-order valence-corrected chi connectivity index (χ1v) is 12.6. The highest BCUT2D eigenvalue weighted by atomic mass is 32.2. The fraction of sp³-hybridized carbons (Fsp3) is 0.179. The Balaban J connectivity index is 1.24. The lowest BCUT2D eigenvalue weighted by molar-refractivity contribution is 0.0953. The minimum atomic E-state index is -0.0897. The highest BCUT2D eigenvalue weighted by Gasteiger charge is 2.13. The van der Waals surface area contributed by atoms with Gasteiger partial charge in [-0.2, -0.15) is 0 Å². The van der Waals surface area contributed by atoms with Crippen molar-refractivity contribution in [2.24, 2.45) is 0 Å². The van der Waals surface area contributed by atoms with Crippen LogP contribution in [0.25, 0.3) is 11.2 Å². The zero-order chi connectivity index (χ0) is 24.7. The number of hydrogen-bond acceptors (Lipinski definition) is 6. The molecule has 7 nitrogen and oxygen atoms in total. The largest absolute Gasteiger partial charge is 0.497 e. The molecule has 5 rings (SSSR count). The summed E-state index contributed by atoms with van der Waals surface area (Å²) in [5.74, 6) is 2.33. The van der Waals surface area contributed by atoms with E-state index >= 15 is 0 Å². The van der Waals surface area contributed by atoms with Crippen LogP contribution < -0.4 is 10.1 Å². The van der Waals surface area contributed by atoms with E-state index in [9.17, 15) is 4.79 Å². The van der Waals surface area contributed by atoms with Gasteiger partial charge in [-0.05, 0) is 59.7 Å². The van der Waals surface area contributed by atoms with Gasteiger partial charge in [-0.3, -0.25) is 9.36 Å². The van der Waals surface area contributed by atoms with E-state index in [1.165, 1.54) is 0 Å². The lowest BCUT2D eigenvalue weighted by Crippen LogP contribution is -2.25. The van der Waals surface area contributed by atoms with Gasteiger partial charge in [0.15, 0.2) is 10.8 Å². The second kappa shape index (κ2) is 11.1. The summed E-state index contributed by atoms with van der Waals surface area (Å²) in [6, 6.07) is 23.4. The van der Waals surface area contributed by atoms with Crippen molar-refractivity contribution < 1.29 is 13.9 Å². The van der Waals surface area contributed by atoms with Gasteiger partial charge in [0.25, 0.3) is 5.91 Å². The number of nitrogens with zero attached hydrogens (tertiary/aromatic N) is 3. The van der Waals surface area contributed by atoms with Crippen LogP contribution in [0.4, 0.5) is 0 Å². The normalized spacial score (nSPS) is 11.0. The number of aromatic nitrogens is 3. The molecule has 0 aliphatic heterocycles. The summed E-state index contributed by atoms with van der Waals surface area (Å²) in [6.07, 6.45) is 4.10. The predicted molar refractivity (Wildman–Crippen MR) is 140 cm³/mol. The van der Waals surface area contributed by atoms with Crippen molar-refractivity contribution in [1.29, 1.82) is 0 Å². The molecule has 182 valence electrons. The van der Waals surface area contributed by atoms with E-state index < -0.39 is 0 Å². The van der Waals surface area contributed by atoms with Gasteiger partial charge in [-0.15, -0.1) is 0 Å². The molecule has 2 aromatic carbocycles. The van der Waals surface area contributed by atoms with Crippen LogP contribution in [0.1, 0.15) is 27.2 Å². The molecule has 0 aliphatic rings. The van der Waals surface area contributed by atoms with Gasteiger partial charge in [-0.1, -0.05) is 36.0 Å². The van der Waals surface area contributed by atoms with Crippen molar-refractivity contribution in [1.82, 2.24) is 19.9 Å². The number of fused-ring (bicyclic) bond motifs is 1. The molecule has 3 heterocycles. The highest BCUT2D eigenvalue weighted by molar-refractivity contribution is 7.98. The first kappa shape index (κ1) is 23.7. The minimum Gasteiger partial charge on any atom is -0.497 e. The topological polar surface area (TPSA) is 82.2 Å². The Morgan fingerprint density at radius 3 is 2.58 bits per heavy atom. The van der Waals surface area contributed by atoms with Crippen LogP contribution in [0.2, 0.25) is 0 Å². The predicted octanol–water partition coefficient (Wildman–Crippen LogP) is 5.35. The fourth-order valence-electron chi connectivity index (χ4n) is 3.86. The van der Waals surface area contributed by atoms with E-state index in [0.717, 1.165) is 44.7 Å². The van der Waals surface area contributed by atoms with E-state index in [1.54, 1.807) is 31.3 Å². The number of thioether (sulfide) groups is 1. The lowest BCUT2D eigenvalue weighted by Gasteiger charge is -2.10. The van der Waals surface area contributed by atoms with E-state index in [2.05, 4.69) is 27.0 Å². The van der Waals surface area contributed by atoms with Gasteiger partial charge in [-0.25, -0.2) is 9.97 Å². The van der Waals surface area contributed by atoms with Crippen LogP contribution in [0.5, 0.6) is 5.75 Å². The first-order chi connectivity index (χ1) is 17.7. The number of rotatable bonds is 10. The number of carbonyl (C=O) groups is 1.